The molecule has 1 aliphatic rings. The molecule has 0 atom stereocenters. The lowest BCUT2D eigenvalue weighted by atomic mass is 9.99. The van der Waals surface area contributed by atoms with E-state index in [1.165, 1.54) is 46.5 Å². The van der Waals surface area contributed by atoms with Gasteiger partial charge in [-0.05, 0) is 93.1 Å². The average molecular weight is 544 g/mol. The minimum atomic E-state index is 0.732. The SMILES string of the molecule is C=C/C=C\c1cc(CCCCCCNCCc2ccc(C)c3c2SC(=C)N3)nc(-c2cccc(Cl)c2)c1C. The topological polar surface area (TPSA) is 37.0 Å². The van der Waals surface area contributed by atoms with Crippen molar-refractivity contribution in [1.29, 1.82) is 0 Å². The number of unbranched alkanes of at least 4 members (excludes halogenated alkanes) is 3. The van der Waals surface area contributed by atoms with E-state index in [1.807, 2.05) is 30.4 Å². The number of allylic oxidation sites excluding steroid dienone is 2. The summed E-state index contributed by atoms with van der Waals surface area (Å²) in [5, 5.41) is 8.79. The van der Waals surface area contributed by atoms with E-state index >= 15 is 0 Å². The van der Waals surface area contributed by atoms with Gasteiger partial charge < -0.3 is 10.6 Å². The van der Waals surface area contributed by atoms with Crippen molar-refractivity contribution in [3.63, 3.8) is 0 Å². The van der Waals surface area contributed by atoms with Gasteiger partial charge in [-0.15, -0.1) is 0 Å². The average Bonchev–Trinajstić information content (AvgIpc) is 3.31. The van der Waals surface area contributed by atoms with Crippen molar-refractivity contribution in [2.24, 2.45) is 0 Å². The van der Waals surface area contributed by atoms with Crippen molar-refractivity contribution in [2.75, 3.05) is 18.4 Å². The van der Waals surface area contributed by atoms with Crippen molar-refractivity contribution in [2.45, 2.75) is 57.3 Å². The molecule has 198 valence electrons. The first kappa shape index (κ1) is 28.2. The zero-order valence-electron chi connectivity index (χ0n) is 22.6. The summed E-state index contributed by atoms with van der Waals surface area (Å²) < 4.78 is 0. The molecule has 5 heteroatoms. The van der Waals surface area contributed by atoms with Crippen LogP contribution in [0.4, 0.5) is 5.69 Å². The maximum atomic E-state index is 6.27. The molecule has 0 saturated carbocycles. The largest absolute Gasteiger partial charge is 0.349 e. The minimum Gasteiger partial charge on any atom is -0.349 e. The van der Waals surface area contributed by atoms with Crippen molar-refractivity contribution in [3.8, 4) is 11.3 Å². The van der Waals surface area contributed by atoms with Crippen LogP contribution in [-0.4, -0.2) is 18.1 Å². The molecule has 0 fully saturated rings. The Labute approximate surface area is 237 Å². The summed E-state index contributed by atoms with van der Waals surface area (Å²) in [4.78, 5) is 6.38. The number of nitrogens with zero attached hydrogens (tertiary/aromatic N) is 1. The Bertz CT molecular complexity index is 1330. The molecule has 3 nitrogen and oxygen atoms in total. The van der Waals surface area contributed by atoms with Gasteiger partial charge in [-0.1, -0.05) is 91.9 Å². The Morgan fingerprint density at radius 3 is 2.68 bits per heavy atom. The quantitative estimate of drug-likeness (QED) is 0.166. The molecule has 3 aromatic rings. The number of thioether (sulfide) groups is 1. The van der Waals surface area contributed by atoms with Gasteiger partial charge >= 0.3 is 0 Å². The Morgan fingerprint density at radius 2 is 1.87 bits per heavy atom. The Kier molecular flexibility index (Phi) is 10.3. The second-order valence-corrected chi connectivity index (χ2v) is 11.4. The summed E-state index contributed by atoms with van der Waals surface area (Å²) in [7, 11) is 0. The molecule has 0 unspecified atom stereocenters. The standard InChI is InChI=1S/C33H38ClN3S/c1-5-6-12-27-22-30(37-32(24(27)3)28-13-11-14-29(34)21-28)15-9-7-8-10-19-35-20-18-26-17-16-23(2)31-33(26)38-25(4)36-31/h5-6,11-14,16-17,21-22,35-36H,1,4,7-10,15,18-20H2,2-3H3/b12-6-. The number of aromatic nitrogens is 1. The summed E-state index contributed by atoms with van der Waals surface area (Å²) in [6.45, 7) is 14.2. The van der Waals surface area contributed by atoms with Gasteiger partial charge in [0.1, 0.15) is 0 Å². The number of anilines is 1. The second kappa shape index (κ2) is 13.8. The van der Waals surface area contributed by atoms with E-state index < -0.39 is 0 Å². The van der Waals surface area contributed by atoms with Crippen molar-refractivity contribution in [3.05, 3.63) is 106 Å². The van der Waals surface area contributed by atoms with Crippen LogP contribution in [0.1, 0.15) is 53.6 Å². The van der Waals surface area contributed by atoms with Crippen LogP contribution in [-0.2, 0) is 12.8 Å². The summed E-state index contributed by atoms with van der Waals surface area (Å²) in [6.07, 6.45) is 12.7. The fourth-order valence-electron chi connectivity index (χ4n) is 4.81. The summed E-state index contributed by atoms with van der Waals surface area (Å²) in [5.41, 5.74) is 9.48. The highest BCUT2D eigenvalue weighted by molar-refractivity contribution is 8.03. The van der Waals surface area contributed by atoms with Crippen molar-refractivity contribution in [1.82, 2.24) is 10.3 Å². The van der Waals surface area contributed by atoms with E-state index in [9.17, 15) is 0 Å². The number of nitrogens with one attached hydrogen (secondary N) is 2. The number of pyridine rings is 1. The van der Waals surface area contributed by atoms with Crippen molar-refractivity contribution < 1.29 is 0 Å². The third kappa shape index (κ3) is 7.41. The van der Waals surface area contributed by atoms with Gasteiger partial charge in [0.2, 0.25) is 0 Å². The molecule has 1 aliphatic heterocycles. The molecule has 1 aromatic heterocycles. The van der Waals surface area contributed by atoms with Crippen LogP contribution in [0.15, 0.2) is 77.7 Å². The fourth-order valence-corrected chi connectivity index (χ4v) is 6.02. The predicted molar refractivity (Wildman–Crippen MR) is 167 cm³/mol. The van der Waals surface area contributed by atoms with E-state index in [0.29, 0.717) is 0 Å². The van der Waals surface area contributed by atoms with Gasteiger partial charge in [0.25, 0.3) is 0 Å². The molecule has 0 aliphatic carbocycles. The fraction of sp³-hybridized carbons (Fsp3) is 0.303. The first-order valence-electron chi connectivity index (χ1n) is 13.5. The van der Waals surface area contributed by atoms with Gasteiger partial charge in [-0.25, -0.2) is 0 Å². The predicted octanol–water partition coefficient (Wildman–Crippen LogP) is 9.14. The lowest BCUT2D eigenvalue weighted by Crippen LogP contribution is -2.18. The zero-order valence-corrected chi connectivity index (χ0v) is 24.2. The number of aryl methyl sites for hydroxylation is 2. The number of fused-ring (bicyclic) bond motifs is 1. The second-order valence-electron chi connectivity index (χ2n) is 9.84. The highest BCUT2D eigenvalue weighted by atomic mass is 35.5. The first-order valence-corrected chi connectivity index (χ1v) is 14.7. The molecule has 4 rings (SSSR count). The van der Waals surface area contributed by atoms with Gasteiger partial charge in [-0.2, -0.15) is 0 Å². The van der Waals surface area contributed by atoms with Crippen LogP contribution in [0.3, 0.4) is 0 Å². The smallest absolute Gasteiger partial charge is 0.0740 e. The molecule has 0 bridgehead atoms. The van der Waals surface area contributed by atoms with E-state index in [-0.39, 0.29) is 0 Å². The molecule has 0 radical (unpaired) electrons. The molecular formula is C33H38ClN3S. The van der Waals surface area contributed by atoms with Gasteiger partial charge in [0, 0.05) is 21.2 Å². The van der Waals surface area contributed by atoms with Crippen LogP contribution in [0, 0.1) is 13.8 Å². The number of rotatable bonds is 13. The normalized spacial score (nSPS) is 12.7. The molecule has 2 N–H and O–H groups in total. The van der Waals surface area contributed by atoms with Crippen LogP contribution < -0.4 is 10.6 Å². The minimum absolute atomic E-state index is 0.732. The third-order valence-corrected chi connectivity index (χ3v) is 8.17. The first-order chi connectivity index (χ1) is 18.5. The monoisotopic (exact) mass is 543 g/mol. The number of benzene rings is 2. The summed E-state index contributed by atoms with van der Waals surface area (Å²) in [5.74, 6) is 0. The van der Waals surface area contributed by atoms with Gasteiger partial charge in [-0.3, -0.25) is 4.98 Å². The lowest BCUT2D eigenvalue weighted by Gasteiger charge is -2.13. The van der Waals surface area contributed by atoms with E-state index in [2.05, 4.69) is 68.0 Å². The molecule has 2 aromatic carbocycles. The van der Waals surface area contributed by atoms with E-state index in [0.717, 1.165) is 64.9 Å². The zero-order chi connectivity index (χ0) is 26.9. The van der Waals surface area contributed by atoms with E-state index in [1.54, 1.807) is 11.8 Å². The lowest BCUT2D eigenvalue weighted by molar-refractivity contribution is 0.585. The molecular weight excluding hydrogens is 506 g/mol. The van der Waals surface area contributed by atoms with Crippen LogP contribution in [0.25, 0.3) is 17.3 Å². The Hall–Kier alpha value is -2.79. The molecule has 2 heterocycles. The van der Waals surface area contributed by atoms with Crippen LogP contribution >= 0.6 is 23.4 Å². The maximum absolute atomic E-state index is 6.27. The summed E-state index contributed by atoms with van der Waals surface area (Å²) in [6, 6.07) is 14.7. The Balaban J connectivity index is 1.22. The van der Waals surface area contributed by atoms with E-state index in [4.69, 9.17) is 16.6 Å². The Morgan fingerprint density at radius 1 is 1.03 bits per heavy atom. The number of hydrogen-bond donors (Lipinski definition) is 2. The van der Waals surface area contributed by atoms with Crippen LogP contribution in [0.2, 0.25) is 5.02 Å². The molecule has 38 heavy (non-hydrogen) atoms. The molecule has 0 amide bonds. The third-order valence-electron chi connectivity index (χ3n) is 6.92. The van der Waals surface area contributed by atoms with Crippen LogP contribution in [0.5, 0.6) is 0 Å². The highest BCUT2D eigenvalue weighted by Gasteiger charge is 2.19. The maximum Gasteiger partial charge on any atom is 0.0740 e. The number of hydrogen-bond acceptors (Lipinski definition) is 4. The summed E-state index contributed by atoms with van der Waals surface area (Å²) >= 11 is 8.03. The van der Waals surface area contributed by atoms with Gasteiger partial charge in [0.05, 0.1) is 16.4 Å². The molecule has 0 spiro atoms. The molecule has 0 saturated heterocycles. The van der Waals surface area contributed by atoms with Gasteiger partial charge in [0.15, 0.2) is 0 Å². The highest BCUT2D eigenvalue weighted by Crippen LogP contribution is 2.44. The van der Waals surface area contributed by atoms with Crippen molar-refractivity contribution >= 4 is 35.1 Å². The number of halogens is 1.